The maximum atomic E-state index is 13.3. The van der Waals surface area contributed by atoms with Crippen molar-refractivity contribution < 1.29 is 9.53 Å². The molecule has 0 spiro atoms. The molecule has 1 aliphatic carbocycles. The Labute approximate surface area is 161 Å². The number of methoxy groups -OCH3 is 1. The molecule has 0 saturated heterocycles. The Morgan fingerprint density at radius 2 is 2.00 bits per heavy atom. The van der Waals surface area contributed by atoms with E-state index in [2.05, 4.69) is 17.3 Å². The van der Waals surface area contributed by atoms with E-state index in [0.29, 0.717) is 11.6 Å². The van der Waals surface area contributed by atoms with Gasteiger partial charge in [0.2, 0.25) is 0 Å². The molecule has 0 N–H and O–H groups in total. The van der Waals surface area contributed by atoms with Gasteiger partial charge in [0, 0.05) is 28.1 Å². The van der Waals surface area contributed by atoms with E-state index in [0.717, 1.165) is 22.0 Å². The van der Waals surface area contributed by atoms with Gasteiger partial charge in [-0.15, -0.1) is 11.3 Å². The molecule has 0 aliphatic heterocycles. The van der Waals surface area contributed by atoms with Gasteiger partial charge in [-0.3, -0.25) is 4.79 Å². The number of carbonyl (C=O) groups excluding carboxylic acids is 1. The fourth-order valence-electron chi connectivity index (χ4n) is 3.08. The highest BCUT2D eigenvalue weighted by atomic mass is 32.1. The van der Waals surface area contributed by atoms with Crippen LogP contribution in [0.4, 0.5) is 5.69 Å². The maximum Gasteiger partial charge on any atom is 0.278 e. The van der Waals surface area contributed by atoms with Gasteiger partial charge in [-0.2, -0.15) is 11.3 Å². The van der Waals surface area contributed by atoms with Crippen molar-refractivity contribution in [1.29, 1.82) is 0 Å². The lowest BCUT2D eigenvalue weighted by molar-refractivity contribution is 0.0971. The average molecular weight is 385 g/mol. The first-order chi connectivity index (χ1) is 12.7. The van der Waals surface area contributed by atoms with Crippen LogP contribution in [0.1, 0.15) is 30.3 Å². The van der Waals surface area contributed by atoms with Gasteiger partial charge < -0.3 is 9.64 Å². The van der Waals surface area contributed by atoms with Crippen LogP contribution in [0, 0.1) is 5.92 Å². The summed E-state index contributed by atoms with van der Waals surface area (Å²) < 4.78 is 5.25. The largest absolute Gasteiger partial charge is 0.497 e. The molecule has 1 saturated carbocycles. The fourth-order valence-corrected chi connectivity index (χ4v) is 4.59. The number of hydrogen-bond acceptors (Lipinski definition) is 5. The first kappa shape index (κ1) is 17.2. The third kappa shape index (κ3) is 3.39. The van der Waals surface area contributed by atoms with Gasteiger partial charge in [-0.1, -0.05) is 0 Å². The molecule has 4 rings (SSSR count). The van der Waals surface area contributed by atoms with Gasteiger partial charge in [0.05, 0.1) is 7.11 Å². The molecule has 1 amide bonds. The Hall–Kier alpha value is -2.18. The van der Waals surface area contributed by atoms with Crippen LogP contribution >= 0.6 is 22.7 Å². The number of ether oxygens (including phenoxy) is 1. The molecule has 3 aromatic rings. The summed E-state index contributed by atoms with van der Waals surface area (Å²) in [5, 5.41) is 6.84. The lowest BCUT2D eigenvalue weighted by atomic mass is 10.1. The Morgan fingerprint density at radius 3 is 2.62 bits per heavy atom. The van der Waals surface area contributed by atoms with E-state index in [1.165, 1.54) is 24.2 Å². The second-order valence-electron chi connectivity index (χ2n) is 6.50. The van der Waals surface area contributed by atoms with Crippen molar-refractivity contribution in [3.8, 4) is 16.3 Å². The molecule has 2 heterocycles. The SMILES string of the molecule is COc1ccc(N(C(=O)c2csc(-c3ccsc3)n2)C(C)C2CC2)cc1. The van der Waals surface area contributed by atoms with Crippen molar-refractivity contribution in [3.63, 3.8) is 0 Å². The van der Waals surface area contributed by atoms with Crippen molar-refractivity contribution in [3.05, 3.63) is 52.2 Å². The zero-order chi connectivity index (χ0) is 18.1. The molecule has 0 radical (unpaired) electrons. The molecular weight excluding hydrogens is 364 g/mol. The van der Waals surface area contributed by atoms with Crippen LogP contribution in [-0.4, -0.2) is 24.0 Å². The summed E-state index contributed by atoms with van der Waals surface area (Å²) in [7, 11) is 1.64. The lowest BCUT2D eigenvalue weighted by Gasteiger charge is -2.29. The monoisotopic (exact) mass is 384 g/mol. The summed E-state index contributed by atoms with van der Waals surface area (Å²) in [6, 6.07) is 9.87. The van der Waals surface area contributed by atoms with Crippen LogP contribution in [-0.2, 0) is 0 Å². The van der Waals surface area contributed by atoms with Gasteiger partial charge >= 0.3 is 0 Å². The number of hydrogen-bond donors (Lipinski definition) is 0. The van der Waals surface area contributed by atoms with Crippen molar-refractivity contribution in [2.24, 2.45) is 5.92 Å². The van der Waals surface area contributed by atoms with Crippen molar-refractivity contribution >= 4 is 34.3 Å². The average Bonchev–Trinajstić information content (AvgIpc) is 3.16. The molecule has 1 aliphatic rings. The van der Waals surface area contributed by atoms with Gasteiger partial charge in [0.1, 0.15) is 16.5 Å². The third-order valence-electron chi connectivity index (χ3n) is 4.77. The Morgan fingerprint density at radius 1 is 1.23 bits per heavy atom. The molecule has 6 heteroatoms. The molecule has 134 valence electrons. The Bertz CT molecular complexity index is 883. The molecule has 1 unspecified atom stereocenters. The number of benzene rings is 1. The van der Waals surface area contributed by atoms with E-state index in [1.807, 2.05) is 46.0 Å². The molecule has 0 bridgehead atoms. The molecule has 2 aromatic heterocycles. The number of thiophene rings is 1. The number of amides is 1. The van der Waals surface area contributed by atoms with Gasteiger partial charge in [-0.05, 0) is 61.4 Å². The first-order valence-electron chi connectivity index (χ1n) is 8.63. The van der Waals surface area contributed by atoms with Gasteiger partial charge in [-0.25, -0.2) is 4.98 Å². The summed E-state index contributed by atoms with van der Waals surface area (Å²) in [5.74, 6) is 1.32. The summed E-state index contributed by atoms with van der Waals surface area (Å²) in [6.45, 7) is 2.13. The second-order valence-corrected chi connectivity index (χ2v) is 8.14. The van der Waals surface area contributed by atoms with Crippen molar-refractivity contribution in [2.45, 2.75) is 25.8 Å². The van der Waals surface area contributed by atoms with Crippen LogP contribution in [0.5, 0.6) is 5.75 Å². The number of thiazole rings is 1. The van der Waals surface area contributed by atoms with Crippen LogP contribution in [0.2, 0.25) is 0 Å². The predicted octanol–water partition coefficient (Wildman–Crippen LogP) is 5.33. The summed E-state index contributed by atoms with van der Waals surface area (Å²) >= 11 is 3.15. The highest BCUT2D eigenvalue weighted by molar-refractivity contribution is 7.14. The quantitative estimate of drug-likeness (QED) is 0.577. The highest BCUT2D eigenvalue weighted by Crippen LogP contribution is 2.38. The zero-order valence-corrected chi connectivity index (χ0v) is 16.3. The Kier molecular flexibility index (Phi) is 4.78. The van der Waals surface area contributed by atoms with Gasteiger partial charge in [0.15, 0.2) is 0 Å². The molecule has 1 fully saturated rings. The third-order valence-corrected chi connectivity index (χ3v) is 6.35. The molecule has 1 atom stereocenters. The van der Waals surface area contributed by atoms with Gasteiger partial charge in [0.25, 0.3) is 5.91 Å². The van der Waals surface area contributed by atoms with Crippen LogP contribution in [0.3, 0.4) is 0 Å². The second kappa shape index (κ2) is 7.21. The molecular formula is C20H20N2O2S2. The van der Waals surface area contributed by atoms with Crippen LogP contribution in [0.25, 0.3) is 10.6 Å². The maximum absolute atomic E-state index is 13.3. The lowest BCUT2D eigenvalue weighted by Crippen LogP contribution is -2.40. The van der Waals surface area contributed by atoms with Crippen LogP contribution in [0.15, 0.2) is 46.5 Å². The number of aromatic nitrogens is 1. The van der Waals surface area contributed by atoms with E-state index in [4.69, 9.17) is 4.74 Å². The highest BCUT2D eigenvalue weighted by Gasteiger charge is 2.36. The van der Waals surface area contributed by atoms with Crippen molar-refractivity contribution in [1.82, 2.24) is 4.98 Å². The normalized spacial score (nSPS) is 14.8. The number of anilines is 1. The first-order valence-corrected chi connectivity index (χ1v) is 10.5. The minimum atomic E-state index is -0.0349. The molecule has 1 aromatic carbocycles. The van der Waals surface area contributed by atoms with E-state index >= 15 is 0 Å². The summed E-state index contributed by atoms with van der Waals surface area (Å²) in [6.07, 6.45) is 2.36. The molecule has 4 nitrogen and oxygen atoms in total. The summed E-state index contributed by atoms with van der Waals surface area (Å²) in [5.41, 5.74) is 2.48. The Balaban J connectivity index is 1.65. The van der Waals surface area contributed by atoms with E-state index in [-0.39, 0.29) is 11.9 Å². The zero-order valence-electron chi connectivity index (χ0n) is 14.7. The number of carbonyl (C=O) groups is 1. The number of nitrogens with zero attached hydrogens (tertiary/aromatic N) is 2. The standard InChI is InChI=1S/C20H20N2O2S2/c1-13(14-3-4-14)22(16-5-7-17(24-2)8-6-16)20(23)18-12-26-19(21-18)15-9-10-25-11-15/h5-14H,3-4H2,1-2H3. The van der Waals surface area contributed by atoms with E-state index in [1.54, 1.807) is 18.4 Å². The predicted molar refractivity (Wildman–Crippen MR) is 107 cm³/mol. The topological polar surface area (TPSA) is 42.4 Å². The smallest absolute Gasteiger partial charge is 0.278 e. The van der Waals surface area contributed by atoms with Crippen LogP contribution < -0.4 is 9.64 Å². The van der Waals surface area contributed by atoms with E-state index < -0.39 is 0 Å². The van der Waals surface area contributed by atoms with Crippen molar-refractivity contribution in [2.75, 3.05) is 12.0 Å². The minimum Gasteiger partial charge on any atom is -0.497 e. The summed E-state index contributed by atoms with van der Waals surface area (Å²) in [4.78, 5) is 19.8. The van der Waals surface area contributed by atoms with E-state index in [9.17, 15) is 4.79 Å². The minimum absolute atomic E-state index is 0.0349. The molecule has 26 heavy (non-hydrogen) atoms. The number of rotatable bonds is 6. The fraction of sp³-hybridized carbons (Fsp3) is 0.300.